The van der Waals surface area contributed by atoms with E-state index < -0.39 is 29.6 Å². The van der Waals surface area contributed by atoms with Gasteiger partial charge in [0, 0.05) is 27.8 Å². The molecule has 1 saturated carbocycles. The maximum atomic E-state index is 14.1. The zero-order valence-electron chi connectivity index (χ0n) is 20.7. The van der Waals surface area contributed by atoms with Crippen molar-refractivity contribution < 1.29 is 19.1 Å². The van der Waals surface area contributed by atoms with Crippen molar-refractivity contribution in [1.82, 2.24) is 10.2 Å². The molecule has 5 atom stereocenters. The van der Waals surface area contributed by atoms with Crippen molar-refractivity contribution in [2.45, 2.75) is 62.4 Å². The monoisotopic (exact) mass is 597 g/mol. The first-order valence-corrected chi connectivity index (χ1v) is 14.3. The smallest absolute Gasteiger partial charge is 0.246 e. The first kappa shape index (κ1) is 25.6. The summed E-state index contributed by atoms with van der Waals surface area (Å²) in [4.78, 5) is 43.1. The van der Waals surface area contributed by atoms with Crippen molar-refractivity contribution in [1.29, 1.82) is 0 Å². The average Bonchev–Trinajstić information content (AvgIpc) is 3.55. The van der Waals surface area contributed by atoms with Gasteiger partial charge in [0.1, 0.15) is 11.6 Å². The molecule has 2 saturated heterocycles. The Morgan fingerprint density at radius 2 is 1.74 bits per heavy atom. The molecule has 3 aliphatic heterocycles. The third-order valence-electron chi connectivity index (χ3n) is 8.25. The second-order valence-corrected chi connectivity index (χ2v) is 12.0. The molecule has 7 nitrogen and oxygen atoms in total. The van der Waals surface area contributed by atoms with Gasteiger partial charge >= 0.3 is 0 Å². The van der Waals surface area contributed by atoms with Crippen LogP contribution in [0, 0.1) is 11.8 Å². The molecule has 0 aromatic heterocycles. The van der Waals surface area contributed by atoms with Crippen molar-refractivity contribution in [3.63, 3.8) is 0 Å². The fraction of sp³-hybridized carbons (Fsp3) is 0.414. The van der Waals surface area contributed by atoms with Crippen LogP contribution in [0.4, 0.5) is 5.69 Å². The minimum Gasteiger partial charge on any atom is -0.359 e. The van der Waals surface area contributed by atoms with Crippen molar-refractivity contribution >= 4 is 50.9 Å². The number of carbonyl (C=O) groups excluding carboxylic acids is 3. The Morgan fingerprint density at radius 1 is 1.03 bits per heavy atom. The van der Waals surface area contributed by atoms with E-state index in [0.717, 1.165) is 35.7 Å². The molecular weight excluding hydrogens is 570 g/mol. The molecule has 2 N–H and O–H groups in total. The van der Waals surface area contributed by atoms with Gasteiger partial charge in [-0.3, -0.25) is 14.4 Å². The highest BCUT2D eigenvalue weighted by Crippen LogP contribution is 2.55. The molecule has 0 unspecified atom stereocenters. The normalized spacial score (nSPS) is 29.9. The number of likely N-dealkylation sites (tertiary alicyclic amines) is 1. The zero-order valence-corrected chi connectivity index (χ0v) is 23.1. The number of hydrogen-bond donors (Lipinski definition) is 2. The molecule has 38 heavy (non-hydrogen) atoms. The van der Waals surface area contributed by atoms with Gasteiger partial charge in [-0.2, -0.15) is 0 Å². The number of amides is 3. The number of anilines is 1. The van der Waals surface area contributed by atoms with E-state index in [1.165, 1.54) is 6.42 Å². The van der Waals surface area contributed by atoms with Crippen molar-refractivity contribution in [2.24, 2.45) is 11.8 Å². The summed E-state index contributed by atoms with van der Waals surface area (Å²) in [6.45, 7) is 0.222. The number of ether oxygens (including phenoxy) is 1. The van der Waals surface area contributed by atoms with Gasteiger partial charge < -0.3 is 20.3 Å². The Balaban J connectivity index is 1.32. The van der Waals surface area contributed by atoms with Crippen molar-refractivity contribution in [2.75, 3.05) is 5.32 Å². The number of halogens is 2. The van der Waals surface area contributed by atoms with Gasteiger partial charge in [-0.25, -0.2) is 0 Å². The minimum atomic E-state index is -1.19. The molecule has 3 fully saturated rings. The van der Waals surface area contributed by atoms with Gasteiger partial charge in [-0.1, -0.05) is 71.1 Å². The van der Waals surface area contributed by atoms with E-state index in [0.29, 0.717) is 10.7 Å². The first-order chi connectivity index (χ1) is 18.4. The zero-order chi connectivity index (χ0) is 26.4. The molecule has 1 spiro atoms. The molecule has 2 aromatic carbocycles. The Hall–Kier alpha value is -2.68. The van der Waals surface area contributed by atoms with Gasteiger partial charge in [0.15, 0.2) is 0 Å². The van der Waals surface area contributed by atoms with Crippen LogP contribution in [0.25, 0.3) is 0 Å². The molecule has 3 amide bonds. The fourth-order valence-corrected chi connectivity index (χ4v) is 6.90. The predicted molar refractivity (Wildman–Crippen MR) is 147 cm³/mol. The van der Waals surface area contributed by atoms with Crippen LogP contribution >= 0.6 is 27.5 Å². The summed E-state index contributed by atoms with van der Waals surface area (Å²) in [7, 11) is 0. The fourth-order valence-electron chi connectivity index (χ4n) is 6.51. The Morgan fingerprint density at radius 3 is 2.45 bits per heavy atom. The second kappa shape index (κ2) is 10.1. The summed E-state index contributed by atoms with van der Waals surface area (Å²) < 4.78 is 7.33. The highest BCUT2D eigenvalue weighted by Gasteiger charge is 2.72. The second-order valence-electron chi connectivity index (χ2n) is 10.6. The van der Waals surface area contributed by atoms with Crippen LogP contribution in [0.3, 0.4) is 0 Å². The molecule has 9 heteroatoms. The van der Waals surface area contributed by atoms with Gasteiger partial charge in [0.05, 0.1) is 17.9 Å². The third-order valence-corrected chi connectivity index (χ3v) is 9.04. The van der Waals surface area contributed by atoms with Gasteiger partial charge in [0.2, 0.25) is 17.7 Å². The lowest BCUT2D eigenvalue weighted by atomic mass is 9.74. The lowest BCUT2D eigenvalue weighted by Crippen LogP contribution is -2.56. The summed E-state index contributed by atoms with van der Waals surface area (Å²) in [5.41, 5.74) is 0.298. The van der Waals surface area contributed by atoms with E-state index in [-0.39, 0.29) is 30.3 Å². The van der Waals surface area contributed by atoms with E-state index in [1.54, 1.807) is 29.2 Å². The average molecular weight is 599 g/mol. The van der Waals surface area contributed by atoms with Crippen LogP contribution in [0.1, 0.15) is 37.7 Å². The highest BCUT2D eigenvalue weighted by atomic mass is 79.9. The lowest BCUT2D eigenvalue weighted by Gasteiger charge is -2.34. The summed E-state index contributed by atoms with van der Waals surface area (Å²) in [5.74, 6) is -2.28. The van der Waals surface area contributed by atoms with Crippen LogP contribution < -0.4 is 10.6 Å². The Bertz CT molecular complexity index is 1280. The Kier molecular flexibility index (Phi) is 6.82. The summed E-state index contributed by atoms with van der Waals surface area (Å²) in [6, 6.07) is 13.7. The van der Waals surface area contributed by atoms with Crippen LogP contribution in [-0.4, -0.2) is 46.4 Å². The van der Waals surface area contributed by atoms with E-state index in [4.69, 9.17) is 16.3 Å². The highest BCUT2D eigenvalue weighted by molar-refractivity contribution is 9.10. The van der Waals surface area contributed by atoms with Crippen molar-refractivity contribution in [3.05, 3.63) is 75.7 Å². The topological polar surface area (TPSA) is 87.7 Å². The molecule has 0 radical (unpaired) electrons. The standard InChI is InChI=1S/C29H29BrClN3O4/c30-18-8-12-21(13-9-18)32-26(35)23-22-14-15-29(38-22)24(23)28(37)34(16-17-6-10-19(31)11-7-17)25(29)27(36)33-20-4-2-1-3-5-20/h6-15,20,22-25H,1-5,16H2,(H,32,35)(H,33,36)/t22-,23+,24-,25-,29-/m1/s1. The number of benzene rings is 2. The van der Waals surface area contributed by atoms with Crippen molar-refractivity contribution in [3.8, 4) is 0 Å². The number of carbonyl (C=O) groups is 3. The van der Waals surface area contributed by atoms with E-state index in [1.807, 2.05) is 36.4 Å². The number of nitrogens with zero attached hydrogens (tertiary/aromatic N) is 1. The molecular formula is C29H29BrClN3O4. The summed E-state index contributed by atoms with van der Waals surface area (Å²) >= 11 is 9.49. The number of hydrogen-bond acceptors (Lipinski definition) is 4. The SMILES string of the molecule is O=C(Nc1ccc(Br)cc1)[C@H]1[C@H]2C=C[C@@]3(O2)[C@H]1C(=O)N(Cc1ccc(Cl)cc1)[C@@H]3C(=O)NC1CCCCC1. The molecule has 1 aliphatic carbocycles. The van der Waals surface area contributed by atoms with Gasteiger partial charge in [-0.15, -0.1) is 0 Å². The number of nitrogens with one attached hydrogen (secondary N) is 2. The van der Waals surface area contributed by atoms with Gasteiger partial charge in [0.25, 0.3) is 0 Å². The molecule has 4 aliphatic rings. The Labute approximate surface area is 235 Å². The summed E-state index contributed by atoms with van der Waals surface area (Å²) in [5, 5.41) is 6.76. The number of rotatable bonds is 6. The minimum absolute atomic E-state index is 0.0817. The lowest BCUT2D eigenvalue weighted by molar-refractivity contribution is -0.142. The molecule has 2 bridgehead atoms. The quantitative estimate of drug-likeness (QED) is 0.466. The maximum Gasteiger partial charge on any atom is 0.246 e. The molecule has 3 heterocycles. The summed E-state index contributed by atoms with van der Waals surface area (Å²) in [6.07, 6.45) is 8.29. The molecule has 6 rings (SSSR count). The van der Waals surface area contributed by atoms with Crippen LogP contribution in [0.15, 0.2) is 65.2 Å². The largest absolute Gasteiger partial charge is 0.359 e. The third kappa shape index (κ3) is 4.46. The maximum absolute atomic E-state index is 14.1. The van der Waals surface area contributed by atoms with E-state index in [2.05, 4.69) is 26.6 Å². The van der Waals surface area contributed by atoms with E-state index >= 15 is 0 Å². The molecule has 2 aromatic rings. The molecule has 198 valence electrons. The van der Waals surface area contributed by atoms with Crippen LogP contribution in [-0.2, 0) is 25.7 Å². The first-order valence-electron chi connectivity index (χ1n) is 13.1. The van der Waals surface area contributed by atoms with Crippen LogP contribution in [0.2, 0.25) is 5.02 Å². The predicted octanol–water partition coefficient (Wildman–Crippen LogP) is 4.84. The van der Waals surface area contributed by atoms with E-state index in [9.17, 15) is 14.4 Å². The van der Waals surface area contributed by atoms with Crippen LogP contribution in [0.5, 0.6) is 0 Å². The number of fused-ring (bicyclic) bond motifs is 1. The van der Waals surface area contributed by atoms with Gasteiger partial charge in [-0.05, 0) is 54.8 Å².